The van der Waals surface area contributed by atoms with Crippen LogP contribution in [-0.4, -0.2) is 47.7 Å². The summed E-state index contributed by atoms with van der Waals surface area (Å²) in [6.07, 6.45) is -0.474. The highest BCUT2D eigenvalue weighted by molar-refractivity contribution is 7.12. The van der Waals surface area contributed by atoms with Gasteiger partial charge < -0.3 is 14.7 Å². The molecule has 1 atom stereocenters. The summed E-state index contributed by atoms with van der Waals surface area (Å²) in [5.41, 5.74) is 1.06. The molecule has 1 aromatic heterocycles. The Kier molecular flexibility index (Phi) is 4.77. The largest absolute Gasteiger partial charge is 0.481 e. The highest BCUT2D eigenvalue weighted by Gasteiger charge is 2.28. The van der Waals surface area contributed by atoms with Crippen molar-refractivity contribution in [3.05, 3.63) is 21.9 Å². The molecule has 6 heteroatoms. The molecule has 1 aliphatic rings. The van der Waals surface area contributed by atoms with Gasteiger partial charge in [-0.15, -0.1) is 11.3 Å². The van der Waals surface area contributed by atoms with Crippen LogP contribution in [0.2, 0.25) is 0 Å². The number of hydrogen-bond donors (Lipinski definition) is 1. The van der Waals surface area contributed by atoms with Gasteiger partial charge >= 0.3 is 5.97 Å². The van der Waals surface area contributed by atoms with Crippen molar-refractivity contribution in [2.24, 2.45) is 0 Å². The quantitative estimate of drug-likeness (QED) is 0.925. The number of nitrogens with zero attached hydrogens (tertiary/aromatic N) is 1. The number of thiophene rings is 1. The number of hydrogen-bond acceptors (Lipinski definition) is 4. The van der Waals surface area contributed by atoms with Crippen LogP contribution in [-0.2, 0) is 9.53 Å². The van der Waals surface area contributed by atoms with Crippen molar-refractivity contribution in [1.29, 1.82) is 0 Å². The van der Waals surface area contributed by atoms with Gasteiger partial charge in [-0.2, -0.15) is 0 Å². The molecule has 0 unspecified atom stereocenters. The van der Waals surface area contributed by atoms with Gasteiger partial charge in [-0.05, 0) is 22.9 Å². The zero-order chi connectivity index (χ0) is 14.7. The van der Waals surface area contributed by atoms with Gasteiger partial charge in [-0.25, -0.2) is 0 Å². The molecule has 110 valence electrons. The third kappa shape index (κ3) is 3.37. The first-order chi connectivity index (χ1) is 9.49. The van der Waals surface area contributed by atoms with Crippen LogP contribution in [0.1, 0.15) is 41.4 Å². The number of amides is 1. The number of rotatable bonds is 4. The van der Waals surface area contributed by atoms with Gasteiger partial charge in [0.15, 0.2) is 0 Å². The standard InChI is InChI=1S/C14H19NO4S/c1-9(2)11-3-6-20-13(11)14(18)15-4-5-19-10(8-15)7-12(16)17/h3,6,9-10H,4-5,7-8H2,1-2H3,(H,16,17)/t10-/m0/s1. The number of carbonyl (C=O) groups is 2. The molecule has 1 saturated heterocycles. The average molecular weight is 297 g/mol. The normalized spacial score (nSPS) is 19.4. The molecule has 1 aliphatic heterocycles. The van der Waals surface area contributed by atoms with Crippen molar-refractivity contribution in [3.63, 3.8) is 0 Å². The molecule has 0 aromatic carbocycles. The molecule has 1 amide bonds. The Morgan fingerprint density at radius 1 is 1.55 bits per heavy atom. The maximum atomic E-state index is 12.6. The minimum Gasteiger partial charge on any atom is -0.481 e. The molecule has 0 aliphatic carbocycles. The van der Waals surface area contributed by atoms with Crippen molar-refractivity contribution in [3.8, 4) is 0 Å². The maximum Gasteiger partial charge on any atom is 0.306 e. The topological polar surface area (TPSA) is 66.8 Å². The van der Waals surface area contributed by atoms with Crippen LogP contribution in [0.4, 0.5) is 0 Å². The van der Waals surface area contributed by atoms with Crippen LogP contribution < -0.4 is 0 Å². The van der Waals surface area contributed by atoms with E-state index in [1.54, 1.807) is 4.90 Å². The predicted octanol–water partition coefficient (Wildman–Crippen LogP) is 2.19. The van der Waals surface area contributed by atoms with Crippen LogP contribution in [0.3, 0.4) is 0 Å². The molecule has 20 heavy (non-hydrogen) atoms. The second-order valence-electron chi connectivity index (χ2n) is 5.20. The summed E-state index contributed by atoms with van der Waals surface area (Å²) in [6, 6.07) is 1.98. The smallest absolute Gasteiger partial charge is 0.306 e. The van der Waals surface area contributed by atoms with E-state index in [9.17, 15) is 9.59 Å². The number of morpholine rings is 1. The van der Waals surface area contributed by atoms with Crippen LogP contribution >= 0.6 is 11.3 Å². The summed E-state index contributed by atoms with van der Waals surface area (Å²) in [4.78, 5) is 25.7. The highest BCUT2D eigenvalue weighted by Crippen LogP contribution is 2.26. The minimum absolute atomic E-state index is 0.0117. The molecule has 0 radical (unpaired) electrons. The predicted molar refractivity (Wildman–Crippen MR) is 76.3 cm³/mol. The Morgan fingerprint density at radius 2 is 2.30 bits per heavy atom. The Labute approximate surface area is 122 Å². The molecular formula is C14H19NO4S. The lowest BCUT2D eigenvalue weighted by atomic mass is 10.0. The fourth-order valence-electron chi connectivity index (χ4n) is 2.31. The molecule has 0 spiro atoms. The summed E-state index contributed by atoms with van der Waals surface area (Å²) in [5.74, 6) is -0.610. The van der Waals surface area contributed by atoms with Crippen molar-refractivity contribution >= 4 is 23.2 Å². The number of aliphatic carboxylic acids is 1. The summed E-state index contributed by atoms with van der Waals surface area (Å²) in [6.45, 7) is 5.38. The third-order valence-electron chi connectivity index (χ3n) is 3.34. The van der Waals surface area contributed by atoms with E-state index in [-0.39, 0.29) is 12.3 Å². The fraction of sp³-hybridized carbons (Fsp3) is 0.571. The Morgan fingerprint density at radius 3 is 2.95 bits per heavy atom. The average Bonchev–Trinajstić information content (AvgIpc) is 2.86. The lowest BCUT2D eigenvalue weighted by Gasteiger charge is -2.32. The van der Waals surface area contributed by atoms with Gasteiger partial charge in [-0.3, -0.25) is 9.59 Å². The second-order valence-corrected chi connectivity index (χ2v) is 6.12. The van der Waals surface area contributed by atoms with Crippen LogP contribution in [0.15, 0.2) is 11.4 Å². The van der Waals surface area contributed by atoms with E-state index >= 15 is 0 Å². The van der Waals surface area contributed by atoms with Crippen LogP contribution in [0, 0.1) is 0 Å². The SMILES string of the molecule is CC(C)c1ccsc1C(=O)N1CCO[C@@H](CC(=O)O)C1. The van der Waals surface area contributed by atoms with Gasteiger partial charge in [0.05, 0.1) is 24.0 Å². The summed E-state index contributed by atoms with van der Waals surface area (Å²) >= 11 is 1.45. The maximum absolute atomic E-state index is 12.6. The number of carbonyl (C=O) groups excluding carboxylic acids is 1. The molecule has 1 N–H and O–H groups in total. The van der Waals surface area contributed by atoms with E-state index < -0.39 is 12.1 Å². The molecule has 5 nitrogen and oxygen atoms in total. The minimum atomic E-state index is -0.900. The summed E-state index contributed by atoms with van der Waals surface area (Å²) in [7, 11) is 0. The third-order valence-corrected chi connectivity index (χ3v) is 4.26. The van der Waals surface area contributed by atoms with E-state index in [1.165, 1.54) is 11.3 Å². The number of ether oxygens (including phenoxy) is 1. The lowest BCUT2D eigenvalue weighted by Crippen LogP contribution is -2.46. The first-order valence-corrected chi connectivity index (χ1v) is 7.57. The van der Waals surface area contributed by atoms with Gasteiger partial charge in [0.2, 0.25) is 0 Å². The van der Waals surface area contributed by atoms with E-state index in [0.717, 1.165) is 10.4 Å². The van der Waals surface area contributed by atoms with Crippen molar-refractivity contribution in [1.82, 2.24) is 4.90 Å². The zero-order valence-electron chi connectivity index (χ0n) is 11.7. The number of carboxylic acid groups (broad SMARTS) is 1. The van der Waals surface area contributed by atoms with Crippen LogP contribution in [0.25, 0.3) is 0 Å². The first kappa shape index (κ1) is 15.0. The lowest BCUT2D eigenvalue weighted by molar-refractivity contribution is -0.141. The van der Waals surface area contributed by atoms with E-state index in [4.69, 9.17) is 9.84 Å². The molecule has 1 aromatic rings. The molecular weight excluding hydrogens is 278 g/mol. The van der Waals surface area contributed by atoms with Gasteiger partial charge in [-0.1, -0.05) is 13.8 Å². The van der Waals surface area contributed by atoms with Gasteiger partial charge in [0.1, 0.15) is 0 Å². The molecule has 0 bridgehead atoms. The van der Waals surface area contributed by atoms with Crippen molar-refractivity contribution < 1.29 is 19.4 Å². The van der Waals surface area contributed by atoms with Gasteiger partial charge in [0.25, 0.3) is 5.91 Å². The summed E-state index contributed by atoms with van der Waals surface area (Å²) in [5, 5.41) is 10.7. The molecule has 2 rings (SSSR count). The van der Waals surface area contributed by atoms with Crippen molar-refractivity contribution in [2.75, 3.05) is 19.7 Å². The Bertz CT molecular complexity index is 497. The first-order valence-electron chi connectivity index (χ1n) is 6.69. The van der Waals surface area contributed by atoms with E-state index in [1.807, 2.05) is 11.4 Å². The molecule has 0 saturated carbocycles. The Hall–Kier alpha value is -1.40. The van der Waals surface area contributed by atoms with Gasteiger partial charge in [0, 0.05) is 13.1 Å². The molecule has 2 heterocycles. The second kappa shape index (κ2) is 6.37. The molecule has 1 fully saturated rings. The number of carboxylic acids is 1. The summed E-state index contributed by atoms with van der Waals surface area (Å²) < 4.78 is 5.39. The van der Waals surface area contributed by atoms with Crippen LogP contribution in [0.5, 0.6) is 0 Å². The van der Waals surface area contributed by atoms with E-state index in [0.29, 0.717) is 25.6 Å². The van der Waals surface area contributed by atoms with Crippen molar-refractivity contribution in [2.45, 2.75) is 32.3 Å². The van der Waals surface area contributed by atoms with E-state index in [2.05, 4.69) is 13.8 Å². The Balaban J connectivity index is 2.08. The highest BCUT2D eigenvalue weighted by atomic mass is 32.1. The fourth-order valence-corrected chi connectivity index (χ4v) is 3.33. The monoisotopic (exact) mass is 297 g/mol. The zero-order valence-corrected chi connectivity index (χ0v) is 12.5.